The summed E-state index contributed by atoms with van der Waals surface area (Å²) < 4.78 is 24.4. The van der Waals surface area contributed by atoms with Gasteiger partial charge in [-0.05, 0) is 25.5 Å². The average Bonchev–Trinajstić information content (AvgIpc) is 2.92. The minimum atomic E-state index is -1.09. The number of carboxylic acids is 1. The van der Waals surface area contributed by atoms with E-state index in [1.807, 2.05) is 6.92 Å². The van der Waals surface area contributed by atoms with E-state index in [-0.39, 0.29) is 30.0 Å². The number of carbonyl (C=O) groups excluding carboxylic acids is 1. The zero-order chi connectivity index (χ0) is 18.4. The van der Waals surface area contributed by atoms with E-state index in [0.29, 0.717) is 12.0 Å². The lowest BCUT2D eigenvalue weighted by atomic mass is 10.1. The van der Waals surface area contributed by atoms with Crippen LogP contribution in [0.5, 0.6) is 5.75 Å². The molecule has 25 heavy (non-hydrogen) atoms. The van der Waals surface area contributed by atoms with Crippen molar-refractivity contribution in [1.82, 2.24) is 5.32 Å². The Hall–Kier alpha value is -2.83. The van der Waals surface area contributed by atoms with Gasteiger partial charge in [-0.25, -0.2) is 4.39 Å². The van der Waals surface area contributed by atoms with Gasteiger partial charge >= 0.3 is 5.97 Å². The quantitative estimate of drug-likeness (QED) is 0.765. The van der Waals surface area contributed by atoms with Crippen LogP contribution in [0.4, 0.5) is 4.39 Å². The number of halogens is 1. The number of rotatable bonds is 8. The number of para-hydroxylation sites is 1. The van der Waals surface area contributed by atoms with Crippen LogP contribution in [-0.4, -0.2) is 29.6 Å². The number of aliphatic carboxylic acids is 1. The smallest absolute Gasteiger partial charge is 0.311 e. The van der Waals surface area contributed by atoms with Crippen LogP contribution in [0.2, 0.25) is 0 Å². The predicted molar refractivity (Wildman–Crippen MR) is 88.2 cm³/mol. The molecule has 2 rings (SSSR count). The van der Waals surface area contributed by atoms with E-state index in [9.17, 15) is 14.0 Å². The number of hydrogen-bond donors (Lipinski definition) is 2. The molecule has 1 atom stereocenters. The van der Waals surface area contributed by atoms with E-state index in [1.54, 1.807) is 19.1 Å². The van der Waals surface area contributed by atoms with Gasteiger partial charge in [-0.1, -0.05) is 19.1 Å². The van der Waals surface area contributed by atoms with Crippen molar-refractivity contribution in [3.05, 3.63) is 53.2 Å². The molecule has 0 saturated carbocycles. The van der Waals surface area contributed by atoms with E-state index < -0.39 is 23.8 Å². The molecule has 1 unspecified atom stereocenters. The van der Waals surface area contributed by atoms with Crippen LogP contribution in [0, 0.1) is 12.7 Å². The summed E-state index contributed by atoms with van der Waals surface area (Å²) in [5.41, 5.74) is 0.764. The first-order valence-corrected chi connectivity index (χ1v) is 7.90. The first-order chi connectivity index (χ1) is 11.9. The summed E-state index contributed by atoms with van der Waals surface area (Å²) in [5, 5.41) is 11.6. The van der Waals surface area contributed by atoms with Crippen LogP contribution in [0.25, 0.3) is 0 Å². The van der Waals surface area contributed by atoms with Gasteiger partial charge in [-0.2, -0.15) is 0 Å². The van der Waals surface area contributed by atoms with Crippen molar-refractivity contribution in [3.63, 3.8) is 0 Å². The van der Waals surface area contributed by atoms with Crippen molar-refractivity contribution in [3.8, 4) is 5.75 Å². The van der Waals surface area contributed by atoms with Gasteiger partial charge in [0.05, 0.1) is 18.4 Å². The molecule has 1 aromatic carbocycles. The van der Waals surface area contributed by atoms with Crippen LogP contribution >= 0.6 is 0 Å². The average molecular weight is 349 g/mol. The highest BCUT2D eigenvalue weighted by Crippen LogP contribution is 2.19. The van der Waals surface area contributed by atoms with Crippen LogP contribution in [-0.2, 0) is 11.2 Å². The summed E-state index contributed by atoms with van der Waals surface area (Å²) >= 11 is 0. The normalized spacial score (nSPS) is 11.8. The highest BCUT2D eigenvalue weighted by atomic mass is 19.1. The molecule has 0 fully saturated rings. The molecule has 2 aromatic rings. The minimum Gasteiger partial charge on any atom is -0.486 e. The van der Waals surface area contributed by atoms with Crippen molar-refractivity contribution in [1.29, 1.82) is 0 Å². The molecule has 0 aliphatic heterocycles. The molecule has 0 saturated heterocycles. The number of ether oxygens (including phenoxy) is 1. The van der Waals surface area contributed by atoms with Gasteiger partial charge < -0.3 is 19.6 Å². The second-order valence-corrected chi connectivity index (χ2v) is 5.58. The fourth-order valence-corrected chi connectivity index (χ4v) is 2.35. The molecule has 0 radical (unpaired) electrons. The number of hydrogen-bond acceptors (Lipinski definition) is 4. The van der Waals surface area contributed by atoms with Crippen LogP contribution in [0.15, 0.2) is 34.9 Å². The molecule has 134 valence electrons. The van der Waals surface area contributed by atoms with Gasteiger partial charge in [0.2, 0.25) is 0 Å². The summed E-state index contributed by atoms with van der Waals surface area (Å²) in [6.07, 6.45) is 1.11. The van der Waals surface area contributed by atoms with Crippen molar-refractivity contribution in [2.75, 3.05) is 6.54 Å². The Kier molecular flexibility index (Phi) is 6.16. The Balaban J connectivity index is 2.02. The maximum absolute atomic E-state index is 13.7. The third-order valence-electron chi connectivity index (χ3n) is 3.67. The van der Waals surface area contributed by atoms with E-state index in [4.69, 9.17) is 14.3 Å². The second kappa shape index (κ2) is 8.32. The highest BCUT2D eigenvalue weighted by Gasteiger charge is 2.21. The van der Waals surface area contributed by atoms with Gasteiger partial charge in [-0.15, -0.1) is 0 Å². The Morgan fingerprint density at radius 3 is 2.72 bits per heavy atom. The fraction of sp³-hybridized carbons (Fsp3) is 0.333. The lowest BCUT2D eigenvalue weighted by Gasteiger charge is -2.18. The Morgan fingerprint density at radius 2 is 2.08 bits per heavy atom. The third kappa shape index (κ3) is 4.82. The van der Waals surface area contributed by atoms with Crippen molar-refractivity contribution in [2.24, 2.45) is 0 Å². The van der Waals surface area contributed by atoms with Crippen LogP contribution < -0.4 is 10.1 Å². The van der Waals surface area contributed by atoms with Crippen LogP contribution in [0.1, 0.15) is 35.0 Å². The third-order valence-corrected chi connectivity index (χ3v) is 3.67. The van der Waals surface area contributed by atoms with E-state index in [0.717, 1.165) is 0 Å². The topological polar surface area (TPSA) is 88.8 Å². The predicted octanol–water partition coefficient (Wildman–Crippen LogP) is 2.94. The molecule has 7 heteroatoms. The number of carboxylic acid groups (broad SMARTS) is 1. The number of amides is 1. The highest BCUT2D eigenvalue weighted by molar-refractivity contribution is 5.97. The van der Waals surface area contributed by atoms with Gasteiger partial charge in [0.15, 0.2) is 11.6 Å². The van der Waals surface area contributed by atoms with E-state index in [2.05, 4.69) is 5.32 Å². The van der Waals surface area contributed by atoms with Crippen molar-refractivity contribution >= 4 is 11.9 Å². The Bertz CT molecular complexity index is 756. The SMILES string of the molecule is CCC(CNC(=O)c1c(C)coc1CC(=O)O)Oc1ccccc1F. The molecule has 1 heterocycles. The monoisotopic (exact) mass is 349 g/mol. The summed E-state index contributed by atoms with van der Waals surface area (Å²) in [6, 6.07) is 6.05. The standard InChI is InChI=1S/C18H20FNO5/c1-3-12(25-14-7-5-4-6-13(14)19)9-20-18(23)17-11(2)10-24-15(17)8-16(21)22/h4-7,10,12H,3,8-9H2,1-2H3,(H,20,23)(H,21,22). The molecule has 0 bridgehead atoms. The van der Waals surface area contributed by atoms with Crippen molar-refractivity contribution in [2.45, 2.75) is 32.8 Å². The number of furan rings is 1. The number of nitrogens with one attached hydrogen (secondary N) is 1. The maximum Gasteiger partial charge on any atom is 0.311 e. The first-order valence-electron chi connectivity index (χ1n) is 7.90. The largest absolute Gasteiger partial charge is 0.486 e. The zero-order valence-electron chi connectivity index (χ0n) is 14.0. The molecule has 0 aliphatic carbocycles. The molecule has 6 nitrogen and oxygen atoms in total. The Labute approximate surface area is 144 Å². The summed E-state index contributed by atoms with van der Waals surface area (Å²) in [6.45, 7) is 3.67. The summed E-state index contributed by atoms with van der Waals surface area (Å²) in [5.74, 6) is -1.78. The molecule has 0 aliphatic rings. The van der Waals surface area contributed by atoms with E-state index >= 15 is 0 Å². The lowest BCUT2D eigenvalue weighted by Crippen LogP contribution is -2.35. The number of benzene rings is 1. The first kappa shape index (κ1) is 18.5. The number of aryl methyl sites for hydroxylation is 1. The van der Waals surface area contributed by atoms with Gasteiger partial charge in [0.1, 0.15) is 18.3 Å². The lowest BCUT2D eigenvalue weighted by molar-refractivity contribution is -0.136. The van der Waals surface area contributed by atoms with Gasteiger partial charge in [-0.3, -0.25) is 9.59 Å². The molecule has 1 aromatic heterocycles. The van der Waals surface area contributed by atoms with Crippen LogP contribution in [0.3, 0.4) is 0 Å². The molecular formula is C18H20FNO5. The van der Waals surface area contributed by atoms with Gasteiger partial charge in [0, 0.05) is 5.56 Å². The van der Waals surface area contributed by atoms with Crippen molar-refractivity contribution < 1.29 is 28.2 Å². The van der Waals surface area contributed by atoms with E-state index in [1.165, 1.54) is 18.4 Å². The summed E-state index contributed by atoms with van der Waals surface area (Å²) in [4.78, 5) is 23.2. The molecule has 1 amide bonds. The Morgan fingerprint density at radius 1 is 1.36 bits per heavy atom. The molecule has 2 N–H and O–H groups in total. The summed E-state index contributed by atoms with van der Waals surface area (Å²) in [7, 11) is 0. The molecule has 0 spiro atoms. The molecular weight excluding hydrogens is 329 g/mol. The maximum atomic E-state index is 13.7. The number of carbonyl (C=O) groups is 2. The minimum absolute atomic E-state index is 0.102. The fourth-order valence-electron chi connectivity index (χ4n) is 2.35. The second-order valence-electron chi connectivity index (χ2n) is 5.58. The zero-order valence-corrected chi connectivity index (χ0v) is 14.0. The van der Waals surface area contributed by atoms with Gasteiger partial charge in [0.25, 0.3) is 5.91 Å².